The third-order valence-electron chi connectivity index (χ3n) is 2.06. The molecule has 0 spiro atoms. The van der Waals surface area contributed by atoms with E-state index in [-0.39, 0.29) is 16.0 Å². The third kappa shape index (κ3) is 2.85. The maximum absolute atomic E-state index is 11.5. The van der Waals surface area contributed by atoms with Crippen molar-refractivity contribution in [2.45, 2.75) is 29.9 Å². The Morgan fingerprint density at radius 3 is 2.94 bits per heavy atom. The van der Waals surface area contributed by atoms with Gasteiger partial charge in [-0.3, -0.25) is 4.57 Å². The van der Waals surface area contributed by atoms with Crippen molar-refractivity contribution in [3.05, 3.63) is 26.9 Å². The molecule has 0 aliphatic heterocycles. The molecule has 9 heteroatoms. The van der Waals surface area contributed by atoms with E-state index in [4.69, 9.17) is 23.2 Å². The molecule has 96 valence electrons. The maximum atomic E-state index is 11.5. The molecule has 0 aromatic carbocycles. The lowest BCUT2D eigenvalue weighted by Crippen LogP contribution is -2.17. The largest absolute Gasteiger partial charge is 0.343 e. The molecule has 0 unspecified atom stereocenters. The van der Waals surface area contributed by atoms with Crippen LogP contribution >= 0.6 is 35.0 Å². The first-order valence-electron chi connectivity index (χ1n) is 5.13. The van der Waals surface area contributed by atoms with E-state index >= 15 is 0 Å². The molecule has 2 heterocycles. The number of nitrogens with one attached hydrogen (secondary N) is 1. The molecular weight excluding hydrogens is 297 g/mol. The van der Waals surface area contributed by atoms with Crippen molar-refractivity contribution in [3.8, 4) is 0 Å². The fourth-order valence-electron chi connectivity index (χ4n) is 1.31. The van der Waals surface area contributed by atoms with Crippen molar-refractivity contribution in [2.24, 2.45) is 0 Å². The van der Waals surface area contributed by atoms with Gasteiger partial charge in [-0.1, -0.05) is 30.1 Å². The third-order valence-corrected chi connectivity index (χ3v) is 3.66. The fourth-order valence-corrected chi connectivity index (χ4v) is 2.60. The van der Waals surface area contributed by atoms with Crippen LogP contribution in [0, 0.1) is 0 Å². The summed E-state index contributed by atoms with van der Waals surface area (Å²) in [4.78, 5) is 12.1. The van der Waals surface area contributed by atoms with Gasteiger partial charge in [0.1, 0.15) is 0 Å². The lowest BCUT2D eigenvalue weighted by Gasteiger charge is -2.04. The molecule has 2 aromatic heterocycles. The average Bonchev–Trinajstić information content (AvgIpc) is 2.67. The van der Waals surface area contributed by atoms with Gasteiger partial charge in [-0.2, -0.15) is 0 Å². The van der Waals surface area contributed by atoms with Crippen molar-refractivity contribution < 1.29 is 0 Å². The predicted molar refractivity (Wildman–Crippen MR) is 69.3 cm³/mol. The molecule has 0 aliphatic carbocycles. The summed E-state index contributed by atoms with van der Waals surface area (Å²) < 4.78 is 1.54. The van der Waals surface area contributed by atoms with Crippen molar-refractivity contribution in [1.29, 1.82) is 0 Å². The molecule has 0 aliphatic rings. The highest BCUT2D eigenvalue weighted by Crippen LogP contribution is 2.31. The Balaban J connectivity index is 2.34. The minimum atomic E-state index is -0.247. The van der Waals surface area contributed by atoms with E-state index in [0.29, 0.717) is 16.6 Å². The van der Waals surface area contributed by atoms with Crippen LogP contribution in [0.1, 0.15) is 13.3 Å². The van der Waals surface area contributed by atoms with E-state index in [1.807, 2.05) is 6.92 Å². The Labute approximate surface area is 117 Å². The lowest BCUT2D eigenvalue weighted by atomic mass is 10.5. The van der Waals surface area contributed by atoms with E-state index < -0.39 is 0 Å². The van der Waals surface area contributed by atoms with Crippen LogP contribution in [-0.4, -0.2) is 25.0 Å². The molecule has 0 bridgehead atoms. The highest BCUT2D eigenvalue weighted by molar-refractivity contribution is 7.99. The van der Waals surface area contributed by atoms with Gasteiger partial charge < -0.3 is 0 Å². The Morgan fingerprint density at radius 1 is 1.44 bits per heavy atom. The fraction of sp³-hybridized carbons (Fsp3) is 0.333. The highest BCUT2D eigenvalue weighted by atomic mass is 35.5. The topological polar surface area (TPSA) is 76.5 Å². The van der Waals surface area contributed by atoms with E-state index in [0.717, 1.165) is 6.42 Å². The molecule has 0 radical (unpaired) electrons. The van der Waals surface area contributed by atoms with Crippen LogP contribution in [-0.2, 0) is 6.54 Å². The minimum Gasteiger partial charge on any atom is -0.270 e. The number of aromatic amines is 1. The van der Waals surface area contributed by atoms with Crippen LogP contribution in [0.3, 0.4) is 0 Å². The van der Waals surface area contributed by atoms with Gasteiger partial charge in [0, 0.05) is 6.54 Å². The molecule has 6 nitrogen and oxygen atoms in total. The Bertz CT molecular complexity index is 611. The molecule has 2 aromatic rings. The standard InChI is InChI=1S/C9H9Cl2N5OS/c1-2-3-16-8(17)14-15-9(16)18-5-4-6(10)12-13-7(5)11/h4H,2-3H2,1H3,(H,14,17). The van der Waals surface area contributed by atoms with Crippen molar-refractivity contribution in [2.75, 3.05) is 0 Å². The van der Waals surface area contributed by atoms with E-state index in [9.17, 15) is 4.79 Å². The number of nitrogens with zero attached hydrogens (tertiary/aromatic N) is 4. The first-order chi connectivity index (χ1) is 8.61. The van der Waals surface area contributed by atoms with Crippen molar-refractivity contribution in [3.63, 3.8) is 0 Å². The summed E-state index contributed by atoms with van der Waals surface area (Å²) in [6, 6.07) is 1.58. The zero-order valence-electron chi connectivity index (χ0n) is 9.35. The van der Waals surface area contributed by atoms with Gasteiger partial charge >= 0.3 is 5.69 Å². The molecule has 2 rings (SSSR count). The number of hydrogen-bond donors (Lipinski definition) is 1. The Kier molecular flexibility index (Phi) is 4.26. The molecule has 0 atom stereocenters. The first-order valence-corrected chi connectivity index (χ1v) is 6.71. The summed E-state index contributed by atoms with van der Waals surface area (Å²) >= 11 is 12.9. The van der Waals surface area contributed by atoms with E-state index in [1.54, 1.807) is 6.07 Å². The summed E-state index contributed by atoms with van der Waals surface area (Å²) in [6.45, 7) is 2.56. The van der Waals surface area contributed by atoms with Gasteiger partial charge in [0.05, 0.1) is 4.90 Å². The summed E-state index contributed by atoms with van der Waals surface area (Å²) in [6.07, 6.45) is 0.829. The van der Waals surface area contributed by atoms with Gasteiger partial charge in [-0.25, -0.2) is 9.89 Å². The normalized spacial score (nSPS) is 10.8. The van der Waals surface area contributed by atoms with Crippen LogP contribution in [0.2, 0.25) is 10.3 Å². The van der Waals surface area contributed by atoms with Gasteiger partial charge in [0.15, 0.2) is 15.5 Å². The number of H-pyrrole nitrogens is 1. The molecule has 0 saturated heterocycles. The van der Waals surface area contributed by atoms with Gasteiger partial charge in [0.25, 0.3) is 0 Å². The van der Waals surface area contributed by atoms with E-state index in [1.165, 1.54) is 16.3 Å². The summed E-state index contributed by atoms with van der Waals surface area (Å²) in [5, 5.41) is 14.6. The average molecular weight is 306 g/mol. The predicted octanol–water partition coefficient (Wildman–Crippen LogP) is 2.23. The molecular formula is C9H9Cl2N5OS. The van der Waals surface area contributed by atoms with Crippen LogP contribution in [0.5, 0.6) is 0 Å². The summed E-state index contributed by atoms with van der Waals surface area (Å²) in [7, 11) is 0. The van der Waals surface area contributed by atoms with Crippen molar-refractivity contribution >= 4 is 35.0 Å². The molecule has 0 saturated carbocycles. The smallest absolute Gasteiger partial charge is 0.270 e. The van der Waals surface area contributed by atoms with E-state index in [2.05, 4.69) is 20.4 Å². The molecule has 0 fully saturated rings. The van der Waals surface area contributed by atoms with Crippen LogP contribution in [0.25, 0.3) is 0 Å². The number of aromatic nitrogens is 5. The van der Waals surface area contributed by atoms with Crippen LogP contribution in [0.15, 0.2) is 20.9 Å². The van der Waals surface area contributed by atoms with Crippen molar-refractivity contribution in [1.82, 2.24) is 25.0 Å². The zero-order valence-corrected chi connectivity index (χ0v) is 11.7. The zero-order chi connectivity index (χ0) is 13.1. The highest BCUT2D eigenvalue weighted by Gasteiger charge is 2.13. The summed E-state index contributed by atoms with van der Waals surface area (Å²) in [5.74, 6) is 0. The molecule has 18 heavy (non-hydrogen) atoms. The molecule has 1 N–H and O–H groups in total. The number of halogens is 2. The first kappa shape index (κ1) is 13.4. The quantitative estimate of drug-likeness (QED) is 0.937. The Morgan fingerprint density at radius 2 is 2.22 bits per heavy atom. The second-order valence-electron chi connectivity index (χ2n) is 3.39. The minimum absolute atomic E-state index is 0.225. The van der Waals surface area contributed by atoms with Crippen LogP contribution < -0.4 is 5.69 Å². The van der Waals surface area contributed by atoms with Crippen LogP contribution in [0.4, 0.5) is 0 Å². The Hall–Kier alpha value is -1.05. The SMILES string of the molecule is CCCn1c(Sc2cc(Cl)nnc2Cl)n[nH]c1=O. The lowest BCUT2D eigenvalue weighted by molar-refractivity contribution is 0.604. The number of hydrogen-bond acceptors (Lipinski definition) is 5. The second kappa shape index (κ2) is 5.73. The maximum Gasteiger partial charge on any atom is 0.343 e. The van der Waals surface area contributed by atoms with Gasteiger partial charge in [0.2, 0.25) is 0 Å². The monoisotopic (exact) mass is 305 g/mol. The number of rotatable bonds is 4. The molecule has 0 amide bonds. The van der Waals surface area contributed by atoms with Gasteiger partial charge in [-0.05, 0) is 24.2 Å². The second-order valence-corrected chi connectivity index (χ2v) is 5.14. The van der Waals surface area contributed by atoms with Gasteiger partial charge in [-0.15, -0.1) is 15.3 Å². The summed E-state index contributed by atoms with van der Waals surface area (Å²) in [5.41, 5.74) is -0.247.